The highest BCUT2D eigenvalue weighted by atomic mass is 32.2. The van der Waals surface area contributed by atoms with Crippen LogP contribution in [-0.2, 0) is 10.0 Å². The van der Waals surface area contributed by atoms with Crippen molar-refractivity contribution >= 4 is 15.7 Å². The van der Waals surface area contributed by atoms with Crippen molar-refractivity contribution in [1.29, 1.82) is 0 Å². The second-order valence-electron chi connectivity index (χ2n) is 5.39. The summed E-state index contributed by atoms with van der Waals surface area (Å²) in [4.78, 5) is 0.259. The zero-order chi connectivity index (χ0) is 16.5. The van der Waals surface area contributed by atoms with Gasteiger partial charge in [0.1, 0.15) is 5.75 Å². The van der Waals surface area contributed by atoms with Crippen LogP contribution in [0.25, 0.3) is 0 Å². The van der Waals surface area contributed by atoms with Gasteiger partial charge >= 0.3 is 0 Å². The van der Waals surface area contributed by atoms with Gasteiger partial charge in [-0.2, -0.15) is 0 Å². The number of nitrogens with zero attached hydrogens (tertiary/aromatic N) is 1. The number of aryl methyl sites for hydroxylation is 3. The van der Waals surface area contributed by atoms with E-state index >= 15 is 0 Å². The van der Waals surface area contributed by atoms with Gasteiger partial charge in [0.15, 0.2) is 0 Å². The molecule has 5 heteroatoms. The first kappa shape index (κ1) is 16.4. The molecule has 118 valence electrons. The summed E-state index contributed by atoms with van der Waals surface area (Å²) in [6, 6.07) is 10.7. The Morgan fingerprint density at radius 1 is 0.955 bits per heavy atom. The maximum absolute atomic E-state index is 12.8. The molecule has 0 saturated heterocycles. The molecule has 0 aliphatic rings. The lowest BCUT2D eigenvalue weighted by Gasteiger charge is -2.22. The van der Waals surface area contributed by atoms with Gasteiger partial charge in [0.25, 0.3) is 10.0 Å². The topological polar surface area (TPSA) is 46.6 Å². The van der Waals surface area contributed by atoms with Gasteiger partial charge in [-0.25, -0.2) is 8.42 Å². The maximum Gasteiger partial charge on any atom is 0.264 e. The summed E-state index contributed by atoms with van der Waals surface area (Å²) in [6.07, 6.45) is 0. The second kappa shape index (κ2) is 6.01. The van der Waals surface area contributed by atoms with E-state index in [9.17, 15) is 8.42 Å². The van der Waals surface area contributed by atoms with E-state index in [1.165, 1.54) is 4.31 Å². The van der Waals surface area contributed by atoms with Crippen molar-refractivity contribution in [3.63, 3.8) is 0 Å². The maximum atomic E-state index is 12.8. The Labute approximate surface area is 132 Å². The van der Waals surface area contributed by atoms with Crippen molar-refractivity contribution in [3.8, 4) is 5.75 Å². The third kappa shape index (κ3) is 2.95. The Morgan fingerprint density at radius 3 is 2.23 bits per heavy atom. The fourth-order valence-electron chi connectivity index (χ4n) is 2.36. The quantitative estimate of drug-likeness (QED) is 0.867. The molecule has 0 saturated carbocycles. The molecule has 2 rings (SSSR count). The lowest BCUT2D eigenvalue weighted by atomic mass is 10.1. The molecule has 0 spiro atoms. The number of sulfonamides is 1. The standard InChI is InChI=1S/C17H21NO3S/c1-12-6-7-13(2)16(10-12)18(4)22(19,20)15-8-9-17(21-5)14(3)11-15/h6-11H,1-5H3. The summed E-state index contributed by atoms with van der Waals surface area (Å²) in [5.41, 5.74) is 3.42. The number of rotatable bonds is 4. The fourth-order valence-corrected chi connectivity index (χ4v) is 3.70. The number of methoxy groups -OCH3 is 1. The summed E-state index contributed by atoms with van der Waals surface area (Å²) in [5, 5.41) is 0. The van der Waals surface area contributed by atoms with Gasteiger partial charge in [-0.3, -0.25) is 4.31 Å². The van der Waals surface area contributed by atoms with Gasteiger partial charge in [-0.05, 0) is 61.7 Å². The molecule has 0 N–H and O–H groups in total. The Hall–Kier alpha value is -2.01. The van der Waals surface area contributed by atoms with E-state index in [1.54, 1.807) is 32.4 Å². The molecule has 0 aliphatic carbocycles. The van der Waals surface area contributed by atoms with Crippen molar-refractivity contribution in [2.24, 2.45) is 0 Å². The van der Waals surface area contributed by atoms with Crippen molar-refractivity contribution in [2.75, 3.05) is 18.5 Å². The molecular formula is C17H21NO3S. The highest BCUT2D eigenvalue weighted by Crippen LogP contribution is 2.28. The first-order valence-corrected chi connectivity index (χ1v) is 8.42. The van der Waals surface area contributed by atoms with Crippen molar-refractivity contribution in [3.05, 3.63) is 53.1 Å². The van der Waals surface area contributed by atoms with E-state index in [0.717, 1.165) is 16.7 Å². The molecule has 2 aromatic carbocycles. The minimum Gasteiger partial charge on any atom is -0.496 e. The van der Waals surface area contributed by atoms with E-state index in [4.69, 9.17) is 4.74 Å². The van der Waals surface area contributed by atoms with Crippen LogP contribution in [0.5, 0.6) is 5.75 Å². The highest BCUT2D eigenvalue weighted by molar-refractivity contribution is 7.92. The zero-order valence-electron chi connectivity index (χ0n) is 13.5. The van der Waals surface area contributed by atoms with Gasteiger partial charge in [0, 0.05) is 7.05 Å². The van der Waals surface area contributed by atoms with Crippen LogP contribution in [0.2, 0.25) is 0 Å². The van der Waals surface area contributed by atoms with Crippen LogP contribution in [-0.4, -0.2) is 22.6 Å². The van der Waals surface area contributed by atoms with E-state index in [0.29, 0.717) is 11.4 Å². The highest BCUT2D eigenvalue weighted by Gasteiger charge is 2.23. The van der Waals surface area contributed by atoms with Crippen molar-refractivity contribution < 1.29 is 13.2 Å². The molecular weight excluding hydrogens is 298 g/mol. The summed E-state index contributed by atoms with van der Waals surface area (Å²) in [7, 11) is -0.453. The Bertz CT molecular complexity index is 798. The minimum atomic E-state index is -3.60. The Kier molecular flexibility index (Phi) is 4.47. The number of benzene rings is 2. The summed E-state index contributed by atoms with van der Waals surface area (Å²) >= 11 is 0. The van der Waals surface area contributed by atoms with E-state index in [-0.39, 0.29) is 4.90 Å². The van der Waals surface area contributed by atoms with Crippen LogP contribution in [0.3, 0.4) is 0 Å². The van der Waals surface area contributed by atoms with Crippen LogP contribution in [0.4, 0.5) is 5.69 Å². The molecule has 0 fully saturated rings. The first-order valence-electron chi connectivity index (χ1n) is 6.98. The predicted octanol–water partition coefficient (Wildman–Crippen LogP) is 3.45. The lowest BCUT2D eigenvalue weighted by molar-refractivity contribution is 0.411. The molecule has 22 heavy (non-hydrogen) atoms. The third-order valence-corrected chi connectivity index (χ3v) is 5.50. The molecule has 0 heterocycles. The molecule has 4 nitrogen and oxygen atoms in total. The molecule has 0 unspecified atom stereocenters. The van der Waals surface area contributed by atoms with Gasteiger partial charge in [-0.15, -0.1) is 0 Å². The summed E-state index contributed by atoms with van der Waals surface area (Å²) < 4.78 is 32.2. The fraction of sp³-hybridized carbons (Fsp3) is 0.294. The SMILES string of the molecule is COc1ccc(S(=O)(=O)N(C)c2cc(C)ccc2C)cc1C. The molecule has 0 atom stereocenters. The smallest absolute Gasteiger partial charge is 0.264 e. The number of hydrogen-bond acceptors (Lipinski definition) is 3. The summed E-state index contributed by atoms with van der Waals surface area (Å²) in [6.45, 7) is 5.68. The van der Waals surface area contributed by atoms with Crippen LogP contribution in [0.15, 0.2) is 41.3 Å². The average molecular weight is 319 g/mol. The van der Waals surface area contributed by atoms with Crippen LogP contribution >= 0.6 is 0 Å². The lowest BCUT2D eigenvalue weighted by Crippen LogP contribution is -2.27. The predicted molar refractivity (Wildman–Crippen MR) is 89.2 cm³/mol. The number of anilines is 1. The van der Waals surface area contributed by atoms with Crippen LogP contribution in [0.1, 0.15) is 16.7 Å². The number of ether oxygens (including phenoxy) is 1. The van der Waals surface area contributed by atoms with Gasteiger partial charge in [-0.1, -0.05) is 12.1 Å². The Morgan fingerprint density at radius 2 is 1.64 bits per heavy atom. The molecule has 0 radical (unpaired) electrons. The molecule has 0 amide bonds. The molecule has 0 aliphatic heterocycles. The largest absolute Gasteiger partial charge is 0.496 e. The van der Waals surface area contributed by atoms with Gasteiger partial charge in [0.2, 0.25) is 0 Å². The third-order valence-electron chi connectivity index (χ3n) is 3.73. The van der Waals surface area contributed by atoms with E-state index in [1.807, 2.05) is 39.0 Å². The summed E-state index contributed by atoms with van der Waals surface area (Å²) in [5.74, 6) is 0.674. The van der Waals surface area contributed by atoms with Crippen molar-refractivity contribution in [2.45, 2.75) is 25.7 Å². The van der Waals surface area contributed by atoms with Crippen LogP contribution in [0, 0.1) is 20.8 Å². The normalized spacial score (nSPS) is 11.3. The van der Waals surface area contributed by atoms with Crippen molar-refractivity contribution in [1.82, 2.24) is 0 Å². The molecule has 0 aromatic heterocycles. The average Bonchev–Trinajstić information content (AvgIpc) is 2.48. The number of hydrogen-bond donors (Lipinski definition) is 0. The van der Waals surface area contributed by atoms with Gasteiger partial charge in [0.05, 0.1) is 17.7 Å². The first-order chi connectivity index (χ1) is 10.3. The van der Waals surface area contributed by atoms with E-state index in [2.05, 4.69) is 0 Å². The van der Waals surface area contributed by atoms with E-state index < -0.39 is 10.0 Å². The minimum absolute atomic E-state index is 0.259. The van der Waals surface area contributed by atoms with Gasteiger partial charge < -0.3 is 4.74 Å². The molecule has 0 bridgehead atoms. The second-order valence-corrected chi connectivity index (χ2v) is 7.36. The molecule has 2 aromatic rings. The monoisotopic (exact) mass is 319 g/mol. The van der Waals surface area contributed by atoms with Crippen LogP contribution < -0.4 is 9.04 Å². The zero-order valence-corrected chi connectivity index (χ0v) is 14.4. The Balaban J connectivity index is 2.49.